The van der Waals surface area contributed by atoms with Crippen molar-refractivity contribution in [2.24, 2.45) is 5.73 Å². The molecule has 0 saturated heterocycles. The molecule has 2 aromatic carbocycles. The van der Waals surface area contributed by atoms with E-state index in [9.17, 15) is 10.1 Å². The maximum Gasteiger partial charge on any atom is 0.311 e. The number of nitrogens with zero attached hydrogens (tertiary/aromatic N) is 1. The SMILES string of the molecule is CC(N)c1ccc(Oc2ccccc2[N+](=O)[O-])cc1Cl. The lowest BCUT2D eigenvalue weighted by Gasteiger charge is -2.11. The van der Waals surface area contributed by atoms with Gasteiger partial charge in [0.05, 0.1) is 4.92 Å². The summed E-state index contributed by atoms with van der Waals surface area (Å²) < 4.78 is 5.52. The van der Waals surface area contributed by atoms with Crippen molar-refractivity contribution in [3.05, 3.63) is 63.2 Å². The Morgan fingerprint density at radius 1 is 1.30 bits per heavy atom. The van der Waals surface area contributed by atoms with Gasteiger partial charge >= 0.3 is 5.69 Å². The average Bonchev–Trinajstić information content (AvgIpc) is 2.38. The first kappa shape index (κ1) is 14.3. The zero-order valence-electron chi connectivity index (χ0n) is 10.7. The summed E-state index contributed by atoms with van der Waals surface area (Å²) in [6, 6.07) is 11.0. The summed E-state index contributed by atoms with van der Waals surface area (Å²) in [6.45, 7) is 1.82. The van der Waals surface area contributed by atoms with Gasteiger partial charge in [0.1, 0.15) is 5.75 Å². The zero-order valence-corrected chi connectivity index (χ0v) is 11.5. The summed E-state index contributed by atoms with van der Waals surface area (Å²) in [5.41, 5.74) is 6.46. The lowest BCUT2D eigenvalue weighted by Crippen LogP contribution is -2.05. The van der Waals surface area contributed by atoms with Gasteiger partial charge in [-0.05, 0) is 30.7 Å². The number of hydrogen-bond donors (Lipinski definition) is 1. The molecule has 0 heterocycles. The summed E-state index contributed by atoms with van der Waals surface area (Å²) in [6.07, 6.45) is 0. The quantitative estimate of drug-likeness (QED) is 0.681. The molecule has 2 rings (SSSR count). The van der Waals surface area contributed by atoms with Crippen molar-refractivity contribution in [3.63, 3.8) is 0 Å². The van der Waals surface area contributed by atoms with E-state index in [-0.39, 0.29) is 17.5 Å². The van der Waals surface area contributed by atoms with Crippen LogP contribution < -0.4 is 10.5 Å². The summed E-state index contributed by atoms with van der Waals surface area (Å²) in [7, 11) is 0. The van der Waals surface area contributed by atoms with Gasteiger partial charge in [-0.1, -0.05) is 29.8 Å². The minimum atomic E-state index is -0.493. The van der Waals surface area contributed by atoms with Gasteiger partial charge in [-0.3, -0.25) is 10.1 Å². The highest BCUT2D eigenvalue weighted by Gasteiger charge is 2.15. The van der Waals surface area contributed by atoms with Crippen molar-refractivity contribution in [3.8, 4) is 11.5 Å². The Labute approximate surface area is 121 Å². The molecule has 5 nitrogen and oxygen atoms in total. The molecule has 0 fully saturated rings. The fourth-order valence-electron chi connectivity index (χ4n) is 1.76. The first-order chi connectivity index (χ1) is 9.49. The molecule has 2 N–H and O–H groups in total. The summed E-state index contributed by atoms with van der Waals surface area (Å²) in [4.78, 5) is 10.4. The Morgan fingerprint density at radius 2 is 2.00 bits per heavy atom. The van der Waals surface area contributed by atoms with Gasteiger partial charge < -0.3 is 10.5 Å². The minimum Gasteiger partial charge on any atom is -0.450 e. The Morgan fingerprint density at radius 3 is 2.60 bits per heavy atom. The second kappa shape index (κ2) is 5.90. The number of nitro groups is 1. The van der Waals surface area contributed by atoms with Crippen LogP contribution in [-0.2, 0) is 0 Å². The number of benzene rings is 2. The zero-order chi connectivity index (χ0) is 14.7. The maximum atomic E-state index is 10.9. The van der Waals surface area contributed by atoms with E-state index in [0.717, 1.165) is 5.56 Å². The van der Waals surface area contributed by atoms with Crippen LogP contribution in [0.25, 0.3) is 0 Å². The molecule has 0 bridgehead atoms. The summed E-state index contributed by atoms with van der Waals surface area (Å²) in [5, 5.41) is 11.4. The number of para-hydroxylation sites is 2. The van der Waals surface area contributed by atoms with Crippen molar-refractivity contribution in [1.82, 2.24) is 0 Å². The number of nitro benzene ring substituents is 1. The van der Waals surface area contributed by atoms with E-state index >= 15 is 0 Å². The van der Waals surface area contributed by atoms with Gasteiger partial charge in [-0.25, -0.2) is 0 Å². The van der Waals surface area contributed by atoms with Crippen LogP contribution in [0, 0.1) is 10.1 Å². The summed E-state index contributed by atoms with van der Waals surface area (Å²) in [5.74, 6) is 0.593. The fourth-order valence-corrected chi connectivity index (χ4v) is 2.10. The van der Waals surface area contributed by atoms with E-state index in [4.69, 9.17) is 22.1 Å². The molecule has 104 valence electrons. The molecule has 0 aliphatic rings. The molecule has 6 heteroatoms. The van der Waals surface area contributed by atoms with Gasteiger partial charge in [0, 0.05) is 17.1 Å². The van der Waals surface area contributed by atoms with Crippen molar-refractivity contribution >= 4 is 17.3 Å². The van der Waals surface area contributed by atoms with E-state index in [2.05, 4.69) is 0 Å². The highest BCUT2D eigenvalue weighted by atomic mass is 35.5. The number of halogens is 1. The van der Waals surface area contributed by atoms with E-state index < -0.39 is 4.92 Å². The van der Waals surface area contributed by atoms with Crippen molar-refractivity contribution in [2.45, 2.75) is 13.0 Å². The van der Waals surface area contributed by atoms with Crippen LogP contribution in [0.15, 0.2) is 42.5 Å². The predicted octanol–water partition coefficient (Wildman–Crippen LogP) is 4.06. The lowest BCUT2D eigenvalue weighted by molar-refractivity contribution is -0.385. The fraction of sp³-hybridized carbons (Fsp3) is 0.143. The van der Waals surface area contributed by atoms with Crippen LogP contribution in [0.3, 0.4) is 0 Å². The average molecular weight is 293 g/mol. The van der Waals surface area contributed by atoms with E-state index in [1.54, 1.807) is 30.3 Å². The van der Waals surface area contributed by atoms with Gasteiger partial charge in [0.15, 0.2) is 0 Å². The van der Waals surface area contributed by atoms with Crippen molar-refractivity contribution in [2.75, 3.05) is 0 Å². The van der Waals surface area contributed by atoms with Gasteiger partial charge in [0.2, 0.25) is 5.75 Å². The van der Waals surface area contributed by atoms with Gasteiger partial charge in [-0.2, -0.15) is 0 Å². The smallest absolute Gasteiger partial charge is 0.311 e. The number of rotatable bonds is 4. The van der Waals surface area contributed by atoms with Crippen molar-refractivity contribution in [1.29, 1.82) is 0 Å². The first-order valence-corrected chi connectivity index (χ1v) is 6.33. The van der Waals surface area contributed by atoms with Gasteiger partial charge in [0.25, 0.3) is 0 Å². The second-order valence-electron chi connectivity index (χ2n) is 4.30. The van der Waals surface area contributed by atoms with Crippen LogP contribution in [0.5, 0.6) is 11.5 Å². The third-order valence-electron chi connectivity index (χ3n) is 2.75. The standard InChI is InChI=1S/C14H13ClN2O3/c1-9(16)11-7-6-10(8-12(11)15)20-14-5-3-2-4-13(14)17(18)19/h2-9H,16H2,1H3. The Hall–Kier alpha value is -2.11. The van der Waals surface area contributed by atoms with Crippen molar-refractivity contribution < 1.29 is 9.66 Å². The van der Waals surface area contributed by atoms with E-state index in [1.807, 2.05) is 6.92 Å². The third-order valence-corrected chi connectivity index (χ3v) is 3.08. The molecule has 0 spiro atoms. The topological polar surface area (TPSA) is 78.4 Å². The van der Waals surface area contributed by atoms with Crippen LogP contribution >= 0.6 is 11.6 Å². The molecule has 1 unspecified atom stereocenters. The highest BCUT2D eigenvalue weighted by molar-refractivity contribution is 6.31. The third kappa shape index (κ3) is 3.07. The molecule has 0 aromatic heterocycles. The number of nitrogens with two attached hydrogens (primary N) is 1. The highest BCUT2D eigenvalue weighted by Crippen LogP contribution is 2.33. The largest absolute Gasteiger partial charge is 0.450 e. The molecule has 20 heavy (non-hydrogen) atoms. The van der Waals surface area contributed by atoms with Crippen LogP contribution in [0.2, 0.25) is 5.02 Å². The van der Waals surface area contributed by atoms with E-state index in [1.165, 1.54) is 12.1 Å². The van der Waals surface area contributed by atoms with Gasteiger partial charge in [-0.15, -0.1) is 0 Å². The molecule has 0 aliphatic carbocycles. The number of hydrogen-bond acceptors (Lipinski definition) is 4. The number of ether oxygens (including phenoxy) is 1. The summed E-state index contributed by atoms with van der Waals surface area (Å²) >= 11 is 6.10. The van der Waals surface area contributed by atoms with Crippen LogP contribution in [0.1, 0.15) is 18.5 Å². The Bertz CT molecular complexity index is 644. The second-order valence-corrected chi connectivity index (χ2v) is 4.71. The van der Waals surface area contributed by atoms with Crippen LogP contribution in [0.4, 0.5) is 5.69 Å². The molecule has 0 aliphatic heterocycles. The predicted molar refractivity (Wildman–Crippen MR) is 77.2 cm³/mol. The minimum absolute atomic E-state index is 0.0973. The molecule has 0 saturated carbocycles. The lowest BCUT2D eigenvalue weighted by atomic mass is 10.1. The molecule has 1 atom stereocenters. The maximum absolute atomic E-state index is 10.9. The Kier molecular flexibility index (Phi) is 4.22. The molecular weight excluding hydrogens is 280 g/mol. The normalized spacial score (nSPS) is 11.9. The monoisotopic (exact) mass is 292 g/mol. The molecular formula is C14H13ClN2O3. The molecule has 2 aromatic rings. The van der Waals surface area contributed by atoms with Crippen LogP contribution in [-0.4, -0.2) is 4.92 Å². The Balaban J connectivity index is 2.31. The molecule has 0 radical (unpaired) electrons. The first-order valence-electron chi connectivity index (χ1n) is 5.95. The van der Waals surface area contributed by atoms with E-state index in [0.29, 0.717) is 10.8 Å². The molecule has 0 amide bonds.